The van der Waals surface area contributed by atoms with Crippen LogP contribution >= 0.6 is 11.6 Å². The first-order chi connectivity index (χ1) is 10.6. The van der Waals surface area contributed by atoms with Gasteiger partial charge in [0.1, 0.15) is 6.04 Å². The molecule has 3 N–H and O–H groups in total. The van der Waals surface area contributed by atoms with Crippen molar-refractivity contribution in [3.8, 4) is 0 Å². The fourth-order valence-electron chi connectivity index (χ4n) is 3.25. The molecule has 2 unspecified atom stereocenters. The molecule has 2 fully saturated rings. The zero-order valence-electron chi connectivity index (χ0n) is 12.8. The van der Waals surface area contributed by atoms with Crippen LogP contribution in [0.2, 0.25) is 5.02 Å². The highest BCUT2D eigenvalue weighted by Crippen LogP contribution is 2.25. The number of hydrogen-bond acceptors (Lipinski definition) is 4. The summed E-state index contributed by atoms with van der Waals surface area (Å²) in [5.74, 6) is 0.177. The van der Waals surface area contributed by atoms with E-state index in [-0.39, 0.29) is 18.0 Å². The van der Waals surface area contributed by atoms with Crippen LogP contribution in [0.4, 0.5) is 0 Å². The first-order valence-electron chi connectivity index (χ1n) is 7.89. The Balaban J connectivity index is 1.59. The van der Waals surface area contributed by atoms with Crippen LogP contribution in [0.3, 0.4) is 0 Å². The quantitative estimate of drug-likeness (QED) is 0.788. The number of carbonyl (C=O) groups excluding carboxylic acids is 1. The number of likely N-dealkylation sites (N-methyl/N-ethyl adjacent to an activating group) is 1. The van der Waals surface area contributed by atoms with Crippen molar-refractivity contribution < 1.29 is 4.79 Å². The highest BCUT2D eigenvalue weighted by Gasteiger charge is 2.34. The average molecular weight is 323 g/mol. The average Bonchev–Trinajstić information content (AvgIpc) is 3.05. The van der Waals surface area contributed by atoms with Crippen LogP contribution in [0.15, 0.2) is 24.3 Å². The SMILES string of the molecule is CN(C(=O)C1CC(c2ccc(Cl)cc2)NN1)C1CCNCC1. The number of benzene rings is 1. The van der Waals surface area contributed by atoms with Crippen LogP contribution in [0.1, 0.15) is 30.9 Å². The molecule has 22 heavy (non-hydrogen) atoms. The molecule has 2 aliphatic heterocycles. The fourth-order valence-corrected chi connectivity index (χ4v) is 3.38. The first kappa shape index (κ1) is 15.7. The Hall–Kier alpha value is -1.14. The van der Waals surface area contributed by atoms with Crippen LogP contribution in [0, 0.1) is 0 Å². The minimum absolute atomic E-state index is 0.146. The lowest BCUT2D eigenvalue weighted by molar-refractivity contribution is -0.134. The molecule has 0 bridgehead atoms. The molecule has 0 saturated carbocycles. The van der Waals surface area contributed by atoms with Crippen LogP contribution in [-0.4, -0.2) is 43.0 Å². The standard InChI is InChI=1S/C16H23ClN4O/c1-21(13-6-8-18-9-7-13)16(22)15-10-14(19-20-15)11-2-4-12(17)5-3-11/h2-5,13-15,18-20H,6-10H2,1H3. The van der Waals surface area contributed by atoms with Crippen molar-refractivity contribution in [2.24, 2.45) is 0 Å². The molecular formula is C16H23ClN4O. The number of amides is 1. The molecule has 5 nitrogen and oxygen atoms in total. The number of nitrogens with one attached hydrogen (secondary N) is 3. The summed E-state index contributed by atoms with van der Waals surface area (Å²) in [6.45, 7) is 1.98. The van der Waals surface area contributed by atoms with Crippen molar-refractivity contribution in [3.05, 3.63) is 34.9 Å². The van der Waals surface area contributed by atoms with Gasteiger partial charge in [-0.3, -0.25) is 4.79 Å². The number of piperidine rings is 1. The first-order valence-corrected chi connectivity index (χ1v) is 8.27. The molecule has 6 heteroatoms. The predicted molar refractivity (Wildman–Crippen MR) is 87.5 cm³/mol. The maximum Gasteiger partial charge on any atom is 0.241 e. The van der Waals surface area contributed by atoms with E-state index >= 15 is 0 Å². The van der Waals surface area contributed by atoms with E-state index < -0.39 is 0 Å². The van der Waals surface area contributed by atoms with Gasteiger partial charge >= 0.3 is 0 Å². The summed E-state index contributed by atoms with van der Waals surface area (Å²) in [6, 6.07) is 8.11. The predicted octanol–water partition coefficient (Wildman–Crippen LogP) is 1.46. The maximum absolute atomic E-state index is 12.7. The van der Waals surface area contributed by atoms with Crippen molar-refractivity contribution >= 4 is 17.5 Å². The van der Waals surface area contributed by atoms with E-state index in [1.807, 2.05) is 36.2 Å². The summed E-state index contributed by atoms with van der Waals surface area (Å²) in [5, 5.41) is 4.06. The number of halogens is 1. The van der Waals surface area contributed by atoms with Crippen LogP contribution in [-0.2, 0) is 4.79 Å². The lowest BCUT2D eigenvalue weighted by Crippen LogP contribution is -2.50. The van der Waals surface area contributed by atoms with Gasteiger partial charge in [0.05, 0.1) is 0 Å². The van der Waals surface area contributed by atoms with Crippen molar-refractivity contribution in [2.75, 3.05) is 20.1 Å². The summed E-state index contributed by atoms with van der Waals surface area (Å²) in [5.41, 5.74) is 7.53. The van der Waals surface area contributed by atoms with Crippen LogP contribution in [0.5, 0.6) is 0 Å². The Labute approximate surface area is 136 Å². The third-order valence-corrected chi connectivity index (χ3v) is 4.93. The lowest BCUT2D eigenvalue weighted by atomic mass is 10.00. The van der Waals surface area contributed by atoms with Gasteiger partial charge in [-0.05, 0) is 50.0 Å². The molecule has 2 heterocycles. The Morgan fingerprint density at radius 2 is 1.86 bits per heavy atom. The molecular weight excluding hydrogens is 300 g/mol. The van der Waals surface area contributed by atoms with E-state index in [0.29, 0.717) is 6.04 Å². The number of carbonyl (C=O) groups is 1. The Bertz CT molecular complexity index is 515. The minimum atomic E-state index is -0.166. The van der Waals surface area contributed by atoms with E-state index in [0.717, 1.165) is 42.9 Å². The number of hydrazine groups is 1. The second-order valence-corrected chi connectivity index (χ2v) is 6.55. The molecule has 2 aliphatic rings. The van der Waals surface area contributed by atoms with E-state index in [4.69, 9.17) is 11.6 Å². The normalized spacial score (nSPS) is 26.1. The second kappa shape index (κ2) is 6.96. The van der Waals surface area contributed by atoms with E-state index in [2.05, 4.69) is 16.2 Å². The largest absolute Gasteiger partial charge is 0.341 e. The van der Waals surface area contributed by atoms with Crippen molar-refractivity contribution in [3.63, 3.8) is 0 Å². The van der Waals surface area contributed by atoms with Crippen molar-refractivity contribution in [1.82, 2.24) is 21.1 Å². The van der Waals surface area contributed by atoms with Gasteiger partial charge in [0, 0.05) is 24.2 Å². The number of hydrogen-bond donors (Lipinski definition) is 3. The van der Waals surface area contributed by atoms with Gasteiger partial charge in [0.2, 0.25) is 5.91 Å². The third kappa shape index (κ3) is 3.43. The lowest BCUT2D eigenvalue weighted by Gasteiger charge is -2.33. The van der Waals surface area contributed by atoms with Gasteiger partial charge in [0.25, 0.3) is 0 Å². The molecule has 2 saturated heterocycles. The summed E-state index contributed by atoms with van der Waals surface area (Å²) in [7, 11) is 1.93. The van der Waals surface area contributed by atoms with Crippen molar-refractivity contribution in [1.29, 1.82) is 0 Å². The van der Waals surface area contributed by atoms with E-state index in [1.54, 1.807) is 0 Å². The molecule has 1 amide bonds. The van der Waals surface area contributed by atoms with Gasteiger partial charge in [-0.2, -0.15) is 0 Å². The Morgan fingerprint density at radius 1 is 1.18 bits per heavy atom. The van der Waals surface area contributed by atoms with E-state index in [1.165, 1.54) is 0 Å². The third-order valence-electron chi connectivity index (χ3n) is 4.68. The zero-order valence-corrected chi connectivity index (χ0v) is 13.6. The molecule has 2 atom stereocenters. The number of nitrogens with zero attached hydrogens (tertiary/aromatic N) is 1. The van der Waals surface area contributed by atoms with Crippen LogP contribution < -0.4 is 16.2 Å². The Morgan fingerprint density at radius 3 is 2.55 bits per heavy atom. The highest BCUT2D eigenvalue weighted by atomic mass is 35.5. The smallest absolute Gasteiger partial charge is 0.241 e. The molecule has 0 spiro atoms. The summed E-state index contributed by atoms with van der Waals surface area (Å²) in [6.07, 6.45) is 2.82. The van der Waals surface area contributed by atoms with Gasteiger partial charge in [-0.1, -0.05) is 23.7 Å². The molecule has 0 aliphatic carbocycles. The summed E-state index contributed by atoms with van der Waals surface area (Å²) in [4.78, 5) is 14.6. The summed E-state index contributed by atoms with van der Waals surface area (Å²) < 4.78 is 0. The Kier molecular flexibility index (Phi) is 4.98. The molecule has 1 aromatic carbocycles. The van der Waals surface area contributed by atoms with Crippen molar-refractivity contribution in [2.45, 2.75) is 37.4 Å². The monoisotopic (exact) mass is 322 g/mol. The minimum Gasteiger partial charge on any atom is -0.341 e. The van der Waals surface area contributed by atoms with Gasteiger partial charge in [-0.15, -0.1) is 0 Å². The van der Waals surface area contributed by atoms with Gasteiger partial charge < -0.3 is 10.2 Å². The second-order valence-electron chi connectivity index (χ2n) is 6.11. The van der Waals surface area contributed by atoms with E-state index in [9.17, 15) is 4.79 Å². The number of rotatable bonds is 3. The fraction of sp³-hybridized carbons (Fsp3) is 0.562. The van der Waals surface area contributed by atoms with Gasteiger partial charge in [-0.25, -0.2) is 10.9 Å². The molecule has 0 aromatic heterocycles. The summed E-state index contributed by atoms with van der Waals surface area (Å²) >= 11 is 5.92. The zero-order chi connectivity index (χ0) is 15.5. The van der Waals surface area contributed by atoms with Gasteiger partial charge in [0.15, 0.2) is 0 Å². The maximum atomic E-state index is 12.7. The molecule has 1 aromatic rings. The highest BCUT2D eigenvalue weighted by molar-refractivity contribution is 6.30. The molecule has 120 valence electrons. The molecule has 0 radical (unpaired) electrons. The molecule has 3 rings (SSSR count). The van der Waals surface area contributed by atoms with Crippen LogP contribution in [0.25, 0.3) is 0 Å². The topological polar surface area (TPSA) is 56.4 Å².